The summed E-state index contributed by atoms with van der Waals surface area (Å²) in [5.41, 5.74) is 2.71. The third-order valence-corrected chi connectivity index (χ3v) is 2.68. The molecule has 4 nitrogen and oxygen atoms in total. The van der Waals surface area contributed by atoms with E-state index in [0.29, 0.717) is 11.5 Å². The highest BCUT2D eigenvalue weighted by Crippen LogP contribution is 2.34. The maximum Gasteiger partial charge on any atom is 0.126 e. The van der Waals surface area contributed by atoms with Crippen molar-refractivity contribution in [1.82, 2.24) is 0 Å². The van der Waals surface area contributed by atoms with Gasteiger partial charge in [0, 0.05) is 17.2 Å². The van der Waals surface area contributed by atoms with E-state index in [1.165, 1.54) is 0 Å². The lowest BCUT2D eigenvalue weighted by molar-refractivity contribution is 0.318. The van der Waals surface area contributed by atoms with Gasteiger partial charge in [-0.3, -0.25) is 0 Å². The van der Waals surface area contributed by atoms with Crippen molar-refractivity contribution in [3.8, 4) is 11.5 Å². The monoisotopic (exact) mass is 207 g/mol. The maximum absolute atomic E-state index is 8.85. The van der Waals surface area contributed by atoms with E-state index in [0.717, 1.165) is 29.7 Å². The third-order valence-electron chi connectivity index (χ3n) is 2.68. The van der Waals surface area contributed by atoms with E-state index >= 15 is 0 Å². The molecule has 15 heavy (non-hydrogen) atoms. The van der Waals surface area contributed by atoms with Gasteiger partial charge in [0.25, 0.3) is 0 Å². The lowest BCUT2D eigenvalue weighted by Crippen LogP contribution is -1.97. The molecule has 0 saturated carbocycles. The number of hydrogen-bond acceptors (Lipinski definition) is 4. The molecule has 0 amide bonds. The zero-order chi connectivity index (χ0) is 10.8. The van der Waals surface area contributed by atoms with Gasteiger partial charge in [-0.15, -0.1) is 0 Å². The van der Waals surface area contributed by atoms with E-state index in [1.807, 2.05) is 12.1 Å². The van der Waals surface area contributed by atoms with Crippen molar-refractivity contribution in [2.24, 2.45) is 5.16 Å². The summed E-state index contributed by atoms with van der Waals surface area (Å²) >= 11 is 0. The van der Waals surface area contributed by atoms with Gasteiger partial charge in [-0.05, 0) is 18.9 Å². The van der Waals surface area contributed by atoms with Crippen molar-refractivity contribution in [3.63, 3.8) is 0 Å². The predicted molar refractivity (Wildman–Crippen MR) is 56.2 cm³/mol. The van der Waals surface area contributed by atoms with Crippen LogP contribution in [0.2, 0.25) is 0 Å². The summed E-state index contributed by atoms with van der Waals surface area (Å²) in [6, 6.07) is 3.72. The highest BCUT2D eigenvalue weighted by Gasteiger charge is 2.23. The average Bonchev–Trinajstić information content (AvgIpc) is 2.70. The summed E-state index contributed by atoms with van der Waals surface area (Å²) in [6.45, 7) is 0. The zero-order valence-corrected chi connectivity index (χ0v) is 8.78. The molecule has 0 aliphatic heterocycles. The first kappa shape index (κ1) is 9.83. The van der Waals surface area contributed by atoms with Gasteiger partial charge in [0.15, 0.2) is 0 Å². The molecule has 0 fully saturated rings. The van der Waals surface area contributed by atoms with Gasteiger partial charge in [-0.2, -0.15) is 0 Å². The fraction of sp³-hybridized carbons (Fsp3) is 0.364. The van der Waals surface area contributed by atoms with E-state index in [4.69, 9.17) is 14.7 Å². The first-order valence-electron chi connectivity index (χ1n) is 4.76. The second-order valence-electron chi connectivity index (χ2n) is 3.40. The second kappa shape index (κ2) is 3.81. The number of methoxy groups -OCH3 is 2. The Bertz CT molecular complexity index is 413. The first-order valence-corrected chi connectivity index (χ1v) is 4.76. The van der Waals surface area contributed by atoms with Gasteiger partial charge in [0.05, 0.1) is 19.9 Å². The first-order chi connectivity index (χ1) is 7.30. The van der Waals surface area contributed by atoms with E-state index in [2.05, 4.69) is 5.16 Å². The number of hydrogen-bond donors (Lipinski definition) is 1. The smallest absolute Gasteiger partial charge is 0.126 e. The Balaban J connectivity index is 2.58. The Morgan fingerprint density at radius 3 is 2.60 bits per heavy atom. The van der Waals surface area contributed by atoms with Crippen LogP contribution in [0, 0.1) is 0 Å². The van der Waals surface area contributed by atoms with Crippen LogP contribution in [0.15, 0.2) is 17.3 Å². The third kappa shape index (κ3) is 1.52. The van der Waals surface area contributed by atoms with Crippen LogP contribution in [0.4, 0.5) is 0 Å². The summed E-state index contributed by atoms with van der Waals surface area (Å²) < 4.78 is 10.4. The van der Waals surface area contributed by atoms with Gasteiger partial charge >= 0.3 is 0 Å². The largest absolute Gasteiger partial charge is 0.497 e. The van der Waals surface area contributed by atoms with Crippen LogP contribution in [-0.2, 0) is 6.42 Å². The number of rotatable bonds is 2. The highest BCUT2D eigenvalue weighted by atomic mass is 16.5. The quantitative estimate of drug-likeness (QED) is 0.594. The molecule has 0 bridgehead atoms. The van der Waals surface area contributed by atoms with Crippen LogP contribution in [-0.4, -0.2) is 25.1 Å². The molecule has 80 valence electrons. The molecular weight excluding hydrogens is 194 g/mol. The Morgan fingerprint density at radius 2 is 2.00 bits per heavy atom. The molecule has 0 radical (unpaired) electrons. The average molecular weight is 207 g/mol. The van der Waals surface area contributed by atoms with Crippen LogP contribution in [0.3, 0.4) is 0 Å². The number of nitrogens with zero attached hydrogens (tertiary/aromatic N) is 1. The summed E-state index contributed by atoms with van der Waals surface area (Å²) in [6.07, 6.45) is 1.59. The Kier molecular flexibility index (Phi) is 2.49. The summed E-state index contributed by atoms with van der Waals surface area (Å²) in [5.74, 6) is 1.51. The second-order valence-corrected chi connectivity index (χ2v) is 3.40. The molecule has 1 aromatic carbocycles. The fourth-order valence-corrected chi connectivity index (χ4v) is 1.92. The molecule has 2 rings (SSSR count). The van der Waals surface area contributed by atoms with Crippen LogP contribution < -0.4 is 9.47 Å². The normalized spacial score (nSPS) is 16.5. The predicted octanol–water partition coefficient (Wildman–Crippen LogP) is 1.83. The van der Waals surface area contributed by atoms with Crippen molar-refractivity contribution >= 4 is 5.71 Å². The molecule has 0 saturated heterocycles. The van der Waals surface area contributed by atoms with Crippen molar-refractivity contribution in [2.75, 3.05) is 14.2 Å². The molecule has 1 N–H and O–H groups in total. The van der Waals surface area contributed by atoms with E-state index in [9.17, 15) is 0 Å². The van der Waals surface area contributed by atoms with Crippen molar-refractivity contribution in [2.45, 2.75) is 12.8 Å². The van der Waals surface area contributed by atoms with Gasteiger partial charge in [0.1, 0.15) is 11.5 Å². The minimum absolute atomic E-state index is 0.696. The number of oxime groups is 1. The molecule has 1 aliphatic rings. The maximum atomic E-state index is 8.85. The molecule has 0 heterocycles. The molecule has 0 unspecified atom stereocenters. The number of benzene rings is 1. The highest BCUT2D eigenvalue weighted by molar-refractivity contribution is 6.05. The molecule has 1 aliphatic carbocycles. The van der Waals surface area contributed by atoms with Gasteiger partial charge in [0.2, 0.25) is 0 Å². The molecule has 0 spiro atoms. The molecule has 4 heteroatoms. The lowest BCUT2D eigenvalue weighted by Gasteiger charge is -2.09. The summed E-state index contributed by atoms with van der Waals surface area (Å²) in [4.78, 5) is 0. The Morgan fingerprint density at radius 1 is 1.20 bits per heavy atom. The van der Waals surface area contributed by atoms with Crippen LogP contribution in [0.1, 0.15) is 17.5 Å². The minimum Gasteiger partial charge on any atom is -0.497 e. The van der Waals surface area contributed by atoms with Crippen LogP contribution in [0.25, 0.3) is 0 Å². The summed E-state index contributed by atoms with van der Waals surface area (Å²) in [5, 5.41) is 12.1. The molecule has 0 aromatic heterocycles. The van der Waals surface area contributed by atoms with E-state index in [1.54, 1.807) is 14.2 Å². The number of ether oxygens (including phenoxy) is 2. The lowest BCUT2D eigenvalue weighted by atomic mass is 10.1. The van der Waals surface area contributed by atoms with E-state index in [-0.39, 0.29) is 0 Å². The molecule has 0 atom stereocenters. The van der Waals surface area contributed by atoms with Crippen molar-refractivity contribution < 1.29 is 14.7 Å². The van der Waals surface area contributed by atoms with Crippen LogP contribution >= 0.6 is 0 Å². The van der Waals surface area contributed by atoms with Crippen LogP contribution in [0.5, 0.6) is 11.5 Å². The minimum atomic E-state index is 0.696. The van der Waals surface area contributed by atoms with Gasteiger partial charge in [-0.1, -0.05) is 5.16 Å². The Labute approximate surface area is 88.1 Å². The molecule has 1 aromatic rings. The van der Waals surface area contributed by atoms with E-state index < -0.39 is 0 Å². The SMILES string of the molecule is COc1cc(OC)c2c(c1)/C(=N/O)CC2. The summed E-state index contributed by atoms with van der Waals surface area (Å²) in [7, 11) is 3.23. The zero-order valence-electron chi connectivity index (χ0n) is 8.78. The van der Waals surface area contributed by atoms with Crippen molar-refractivity contribution in [1.29, 1.82) is 0 Å². The topological polar surface area (TPSA) is 51.0 Å². The standard InChI is InChI=1S/C11H13NO3/c1-14-7-5-9-8(11(6-7)15-2)3-4-10(9)12-13/h5-6,13H,3-4H2,1-2H3/b12-10+. The fourth-order valence-electron chi connectivity index (χ4n) is 1.92. The van der Waals surface area contributed by atoms with Crippen molar-refractivity contribution in [3.05, 3.63) is 23.3 Å². The van der Waals surface area contributed by atoms with Gasteiger partial charge < -0.3 is 14.7 Å². The molecular formula is C11H13NO3. The van der Waals surface area contributed by atoms with Gasteiger partial charge in [-0.25, -0.2) is 0 Å². The number of fused-ring (bicyclic) bond motifs is 1. The Hall–Kier alpha value is -1.71.